The second kappa shape index (κ2) is 9.97. The van der Waals surface area contributed by atoms with Crippen LogP contribution in [0.4, 0.5) is 0 Å². The first-order valence-corrected chi connectivity index (χ1v) is 10.6. The van der Waals surface area contributed by atoms with Crippen LogP contribution in [0.15, 0.2) is 29.3 Å². The number of hydrogen-bond acceptors (Lipinski definition) is 3. The summed E-state index contributed by atoms with van der Waals surface area (Å²) in [6.07, 6.45) is 2.20. The summed E-state index contributed by atoms with van der Waals surface area (Å²) in [4.78, 5) is 4.66. The summed E-state index contributed by atoms with van der Waals surface area (Å²) < 4.78 is 23.1. The number of aliphatic imine (C=N–C) groups is 1. The quantitative estimate of drug-likeness (QED) is 0.328. The molecule has 25 heavy (non-hydrogen) atoms. The minimum Gasteiger partial charge on any atom is -0.357 e. The van der Waals surface area contributed by atoms with Gasteiger partial charge in [0.2, 0.25) is 0 Å². The monoisotopic (exact) mass is 499 g/mol. The average Bonchev–Trinajstić information content (AvgIpc) is 3.34. The highest BCUT2D eigenvalue weighted by molar-refractivity contribution is 14.0. The molecule has 0 amide bonds. The molecule has 0 aromatic heterocycles. The van der Waals surface area contributed by atoms with Crippen molar-refractivity contribution < 1.29 is 8.42 Å². The van der Waals surface area contributed by atoms with Crippen molar-refractivity contribution in [3.8, 4) is 0 Å². The molecule has 1 aromatic carbocycles. The summed E-state index contributed by atoms with van der Waals surface area (Å²) in [7, 11) is -2.97. The van der Waals surface area contributed by atoms with Crippen LogP contribution in [0.3, 0.4) is 0 Å². The van der Waals surface area contributed by atoms with Crippen molar-refractivity contribution in [3.05, 3.63) is 34.9 Å². The minimum absolute atomic E-state index is 0. The average molecular weight is 500 g/mol. The topological polar surface area (TPSA) is 70.6 Å². The van der Waals surface area contributed by atoms with Gasteiger partial charge in [-0.05, 0) is 37.5 Å². The molecule has 142 valence electrons. The van der Waals surface area contributed by atoms with E-state index in [9.17, 15) is 8.42 Å². The van der Waals surface area contributed by atoms with E-state index < -0.39 is 9.84 Å². The van der Waals surface area contributed by atoms with E-state index >= 15 is 0 Å². The van der Waals surface area contributed by atoms with Gasteiger partial charge in [0.15, 0.2) is 15.8 Å². The number of guanidine groups is 1. The molecule has 5 nitrogen and oxygen atoms in total. The molecule has 0 aliphatic heterocycles. The molecule has 0 heterocycles. The smallest absolute Gasteiger partial charge is 0.191 e. The van der Waals surface area contributed by atoms with E-state index in [0.717, 1.165) is 24.4 Å². The fourth-order valence-electron chi connectivity index (χ4n) is 2.55. The van der Waals surface area contributed by atoms with E-state index in [4.69, 9.17) is 11.6 Å². The SMILES string of the molecule is CCNC(=NCC1(c2cccc(Cl)c2)CC1)NCCS(=O)(=O)CC.I. The van der Waals surface area contributed by atoms with Gasteiger partial charge in [-0.3, -0.25) is 4.99 Å². The number of hydrogen-bond donors (Lipinski definition) is 2. The highest BCUT2D eigenvalue weighted by Crippen LogP contribution is 2.48. The Balaban J connectivity index is 0.00000312. The summed E-state index contributed by atoms with van der Waals surface area (Å²) in [5, 5.41) is 7.02. The molecule has 8 heteroatoms. The molecule has 0 spiro atoms. The Bertz CT molecular complexity index is 691. The molecular formula is C17H27ClIN3O2S. The van der Waals surface area contributed by atoms with Crippen LogP contribution in [0, 0.1) is 0 Å². The van der Waals surface area contributed by atoms with E-state index in [-0.39, 0.29) is 40.9 Å². The molecule has 2 N–H and O–H groups in total. The van der Waals surface area contributed by atoms with Gasteiger partial charge in [-0.25, -0.2) is 8.42 Å². The molecule has 0 saturated heterocycles. The minimum atomic E-state index is -2.97. The first-order chi connectivity index (χ1) is 11.4. The van der Waals surface area contributed by atoms with Crippen LogP contribution in [0.1, 0.15) is 32.3 Å². The largest absolute Gasteiger partial charge is 0.357 e. The third kappa shape index (κ3) is 6.94. The Morgan fingerprint density at radius 1 is 1.28 bits per heavy atom. The van der Waals surface area contributed by atoms with Gasteiger partial charge in [-0.1, -0.05) is 30.7 Å². The standard InChI is InChI=1S/C17H26ClN3O2S.HI/c1-3-19-16(20-10-11-24(22,23)4-2)21-13-17(8-9-17)14-6-5-7-15(18)12-14;/h5-7,12H,3-4,8-11,13H2,1-2H3,(H2,19,20,21);1H. The van der Waals surface area contributed by atoms with Crippen molar-refractivity contribution in [1.82, 2.24) is 10.6 Å². The number of benzene rings is 1. The van der Waals surface area contributed by atoms with Crippen molar-refractivity contribution >= 4 is 51.4 Å². The summed E-state index contributed by atoms with van der Waals surface area (Å²) in [5.41, 5.74) is 1.30. The molecule has 1 aliphatic carbocycles. The predicted octanol–water partition coefficient (Wildman–Crippen LogP) is 2.98. The lowest BCUT2D eigenvalue weighted by Crippen LogP contribution is -2.40. The van der Waals surface area contributed by atoms with Gasteiger partial charge in [0.05, 0.1) is 12.3 Å². The van der Waals surface area contributed by atoms with Crippen LogP contribution >= 0.6 is 35.6 Å². The van der Waals surface area contributed by atoms with Gasteiger partial charge < -0.3 is 10.6 Å². The van der Waals surface area contributed by atoms with Gasteiger partial charge in [-0.2, -0.15) is 0 Å². The maximum atomic E-state index is 11.6. The Hall–Kier alpha value is -0.540. The molecule has 2 rings (SSSR count). The molecule has 0 bridgehead atoms. The lowest BCUT2D eigenvalue weighted by molar-refractivity contribution is 0.595. The van der Waals surface area contributed by atoms with Crippen LogP contribution < -0.4 is 10.6 Å². The maximum Gasteiger partial charge on any atom is 0.191 e. The third-order valence-electron chi connectivity index (χ3n) is 4.32. The maximum absolute atomic E-state index is 11.6. The Morgan fingerprint density at radius 2 is 2.00 bits per heavy atom. The zero-order chi connectivity index (χ0) is 17.6. The van der Waals surface area contributed by atoms with Crippen molar-refractivity contribution in [2.45, 2.75) is 32.1 Å². The van der Waals surface area contributed by atoms with Crippen LogP contribution in [0.25, 0.3) is 0 Å². The zero-order valence-corrected chi connectivity index (χ0v) is 18.6. The van der Waals surface area contributed by atoms with Gasteiger partial charge in [0.1, 0.15) is 0 Å². The first kappa shape index (κ1) is 22.5. The Kier molecular flexibility index (Phi) is 8.97. The third-order valence-corrected chi connectivity index (χ3v) is 6.26. The van der Waals surface area contributed by atoms with Crippen molar-refractivity contribution in [3.63, 3.8) is 0 Å². The summed E-state index contributed by atoms with van der Waals surface area (Å²) in [5.74, 6) is 0.949. The fourth-order valence-corrected chi connectivity index (χ4v) is 3.44. The Labute approximate surface area is 173 Å². The highest BCUT2D eigenvalue weighted by Gasteiger charge is 2.44. The molecule has 0 atom stereocenters. The first-order valence-electron chi connectivity index (χ1n) is 8.39. The molecule has 1 fully saturated rings. The zero-order valence-electron chi connectivity index (χ0n) is 14.7. The van der Waals surface area contributed by atoms with Crippen LogP contribution in [-0.4, -0.2) is 45.5 Å². The molecule has 0 unspecified atom stereocenters. The van der Waals surface area contributed by atoms with Gasteiger partial charge in [0, 0.05) is 29.3 Å². The summed E-state index contributed by atoms with van der Waals surface area (Å²) >= 11 is 6.10. The van der Waals surface area contributed by atoms with E-state index in [1.807, 2.05) is 25.1 Å². The fraction of sp³-hybridized carbons (Fsp3) is 0.588. The van der Waals surface area contributed by atoms with Crippen molar-refractivity contribution in [1.29, 1.82) is 0 Å². The van der Waals surface area contributed by atoms with Gasteiger partial charge >= 0.3 is 0 Å². The van der Waals surface area contributed by atoms with Gasteiger partial charge in [-0.15, -0.1) is 24.0 Å². The summed E-state index contributed by atoms with van der Waals surface area (Å²) in [6, 6.07) is 7.96. The number of halogens is 2. The number of nitrogens with one attached hydrogen (secondary N) is 2. The van der Waals surface area contributed by atoms with E-state index in [0.29, 0.717) is 19.0 Å². The molecule has 1 aromatic rings. The van der Waals surface area contributed by atoms with Gasteiger partial charge in [0.25, 0.3) is 0 Å². The molecular weight excluding hydrogens is 473 g/mol. The molecule has 1 aliphatic rings. The second-order valence-electron chi connectivity index (χ2n) is 6.15. The lowest BCUT2D eigenvalue weighted by atomic mass is 9.96. The second-order valence-corrected chi connectivity index (χ2v) is 9.06. The lowest BCUT2D eigenvalue weighted by Gasteiger charge is -2.16. The van der Waals surface area contributed by atoms with E-state index in [1.54, 1.807) is 6.92 Å². The van der Waals surface area contributed by atoms with Crippen LogP contribution in [-0.2, 0) is 15.3 Å². The van der Waals surface area contributed by atoms with Crippen molar-refractivity contribution in [2.24, 2.45) is 4.99 Å². The highest BCUT2D eigenvalue weighted by atomic mass is 127. The van der Waals surface area contributed by atoms with E-state index in [2.05, 4.69) is 21.7 Å². The number of rotatable bonds is 8. The predicted molar refractivity (Wildman–Crippen MR) is 116 cm³/mol. The van der Waals surface area contributed by atoms with Crippen molar-refractivity contribution in [2.75, 3.05) is 31.1 Å². The van der Waals surface area contributed by atoms with E-state index in [1.165, 1.54) is 5.56 Å². The number of nitrogens with zero attached hydrogens (tertiary/aromatic N) is 1. The number of sulfone groups is 1. The molecule has 0 radical (unpaired) electrons. The molecule has 1 saturated carbocycles. The van der Waals surface area contributed by atoms with Crippen LogP contribution in [0.2, 0.25) is 5.02 Å². The summed E-state index contributed by atoms with van der Waals surface area (Å²) in [6.45, 7) is 5.42. The normalized spacial score (nSPS) is 16.0. The Morgan fingerprint density at radius 3 is 2.56 bits per heavy atom. The van der Waals surface area contributed by atoms with Crippen LogP contribution in [0.5, 0.6) is 0 Å².